The van der Waals surface area contributed by atoms with Crippen LogP contribution in [0.15, 0.2) is 6.20 Å². The van der Waals surface area contributed by atoms with Gasteiger partial charge in [0.25, 0.3) is 5.91 Å². The van der Waals surface area contributed by atoms with Crippen molar-refractivity contribution in [1.29, 1.82) is 0 Å². The van der Waals surface area contributed by atoms with E-state index in [-0.39, 0.29) is 11.9 Å². The number of nitrogens with one attached hydrogen (secondary N) is 2. The minimum Gasteiger partial charge on any atom is -0.390 e. The van der Waals surface area contributed by atoms with Gasteiger partial charge in [-0.3, -0.25) is 4.79 Å². The molecule has 1 amide bonds. The topological polar surface area (TPSA) is 87.1 Å². The second kappa shape index (κ2) is 6.15. The van der Waals surface area contributed by atoms with Crippen molar-refractivity contribution >= 4 is 11.9 Å². The number of aliphatic hydroxyl groups is 1. The minimum atomic E-state index is -0.464. The molecule has 3 N–H and O–H groups in total. The smallest absolute Gasteiger partial charge is 0.254 e. The van der Waals surface area contributed by atoms with E-state index in [9.17, 15) is 9.90 Å². The molecule has 0 aromatic carbocycles. The van der Waals surface area contributed by atoms with E-state index < -0.39 is 5.60 Å². The summed E-state index contributed by atoms with van der Waals surface area (Å²) in [5.41, 5.74) is 1.14. The fourth-order valence-electron chi connectivity index (χ4n) is 6.49. The Morgan fingerprint density at radius 2 is 1.86 bits per heavy atom. The second-order valence-corrected chi connectivity index (χ2v) is 10.2. The van der Waals surface area contributed by atoms with E-state index >= 15 is 0 Å². The SMILES string of the molecule is O=C(N[C@H]1C2CC3CC1C[C@@](O)(C3)C2)c1cnc(NC2CC2)nc1C1CCC1. The van der Waals surface area contributed by atoms with E-state index in [1.165, 1.54) is 19.3 Å². The molecule has 6 heteroatoms. The first-order valence-electron chi connectivity index (χ1n) is 11.2. The highest BCUT2D eigenvalue weighted by atomic mass is 16.3. The van der Waals surface area contributed by atoms with Crippen LogP contribution in [0.3, 0.4) is 0 Å². The fourth-order valence-corrected chi connectivity index (χ4v) is 6.49. The van der Waals surface area contributed by atoms with Gasteiger partial charge in [-0.15, -0.1) is 0 Å². The first-order chi connectivity index (χ1) is 13.6. The van der Waals surface area contributed by atoms with E-state index in [0.717, 1.165) is 50.6 Å². The van der Waals surface area contributed by atoms with Crippen molar-refractivity contribution in [1.82, 2.24) is 15.3 Å². The molecule has 6 aliphatic carbocycles. The third-order valence-corrected chi connectivity index (χ3v) is 8.00. The number of hydrogen-bond acceptors (Lipinski definition) is 5. The summed E-state index contributed by atoms with van der Waals surface area (Å²) in [7, 11) is 0. The van der Waals surface area contributed by atoms with Crippen LogP contribution in [0.25, 0.3) is 0 Å². The Balaban J connectivity index is 1.23. The van der Waals surface area contributed by atoms with Crippen molar-refractivity contribution in [2.45, 2.75) is 87.8 Å². The van der Waals surface area contributed by atoms with E-state index in [1.54, 1.807) is 6.20 Å². The highest BCUT2D eigenvalue weighted by Crippen LogP contribution is 2.55. The van der Waals surface area contributed by atoms with Gasteiger partial charge in [0.05, 0.1) is 16.9 Å². The maximum absolute atomic E-state index is 13.3. The zero-order valence-electron chi connectivity index (χ0n) is 16.4. The molecule has 6 aliphatic rings. The lowest BCUT2D eigenvalue weighted by molar-refractivity contribution is -0.136. The molecule has 1 aromatic heterocycles. The molecule has 28 heavy (non-hydrogen) atoms. The lowest BCUT2D eigenvalue weighted by atomic mass is 9.52. The van der Waals surface area contributed by atoms with Gasteiger partial charge in [-0.1, -0.05) is 6.42 Å². The molecule has 0 saturated heterocycles. The predicted octanol–water partition coefficient (Wildman–Crippen LogP) is 2.99. The number of carbonyl (C=O) groups excluding carboxylic acids is 1. The zero-order chi connectivity index (χ0) is 18.9. The largest absolute Gasteiger partial charge is 0.390 e. The number of hydrogen-bond donors (Lipinski definition) is 3. The van der Waals surface area contributed by atoms with E-state index in [1.807, 2.05) is 0 Å². The van der Waals surface area contributed by atoms with Crippen LogP contribution in [0.1, 0.15) is 86.2 Å². The Morgan fingerprint density at radius 3 is 2.46 bits per heavy atom. The normalized spacial score (nSPS) is 38.9. The molecule has 4 bridgehead atoms. The highest BCUT2D eigenvalue weighted by molar-refractivity contribution is 5.95. The Labute approximate surface area is 165 Å². The molecule has 6 nitrogen and oxygen atoms in total. The Morgan fingerprint density at radius 1 is 1.11 bits per heavy atom. The van der Waals surface area contributed by atoms with Crippen molar-refractivity contribution in [3.63, 3.8) is 0 Å². The minimum absolute atomic E-state index is 0.00987. The summed E-state index contributed by atoms with van der Waals surface area (Å²) in [6, 6.07) is 0.704. The van der Waals surface area contributed by atoms with E-state index in [0.29, 0.717) is 41.2 Å². The fraction of sp³-hybridized carbons (Fsp3) is 0.773. The van der Waals surface area contributed by atoms with Gasteiger partial charge in [0.2, 0.25) is 5.95 Å². The average molecular weight is 383 g/mol. The van der Waals surface area contributed by atoms with Gasteiger partial charge in [-0.25, -0.2) is 9.97 Å². The van der Waals surface area contributed by atoms with Gasteiger partial charge >= 0.3 is 0 Å². The molecule has 6 fully saturated rings. The predicted molar refractivity (Wildman–Crippen MR) is 105 cm³/mol. The number of amides is 1. The average Bonchev–Trinajstić information content (AvgIpc) is 3.39. The van der Waals surface area contributed by atoms with Crippen LogP contribution < -0.4 is 10.6 Å². The summed E-state index contributed by atoms with van der Waals surface area (Å²) >= 11 is 0. The van der Waals surface area contributed by atoms with Crippen LogP contribution in [0.2, 0.25) is 0 Å². The molecule has 2 atom stereocenters. The van der Waals surface area contributed by atoms with Crippen molar-refractivity contribution in [3.8, 4) is 0 Å². The Bertz CT molecular complexity index is 788. The number of aromatic nitrogens is 2. The lowest BCUT2D eigenvalue weighted by Gasteiger charge is -2.58. The first-order valence-corrected chi connectivity index (χ1v) is 11.2. The Kier molecular flexibility index (Phi) is 3.78. The summed E-state index contributed by atoms with van der Waals surface area (Å²) in [5, 5.41) is 17.5. The molecule has 1 heterocycles. The van der Waals surface area contributed by atoms with Crippen molar-refractivity contribution in [3.05, 3.63) is 17.5 Å². The summed E-state index contributed by atoms with van der Waals surface area (Å²) in [6.07, 6.45) is 12.5. The van der Waals surface area contributed by atoms with Gasteiger partial charge in [0.1, 0.15) is 0 Å². The van der Waals surface area contributed by atoms with Gasteiger partial charge < -0.3 is 15.7 Å². The summed E-state index contributed by atoms with van der Waals surface area (Å²) in [4.78, 5) is 22.5. The van der Waals surface area contributed by atoms with Crippen molar-refractivity contribution < 1.29 is 9.90 Å². The first kappa shape index (κ1) is 17.2. The molecular weight excluding hydrogens is 352 g/mol. The molecule has 2 unspecified atom stereocenters. The van der Waals surface area contributed by atoms with Crippen molar-refractivity contribution in [2.75, 3.05) is 5.32 Å². The maximum atomic E-state index is 13.3. The van der Waals surface area contributed by atoms with Crippen LogP contribution in [-0.4, -0.2) is 38.7 Å². The monoisotopic (exact) mass is 382 g/mol. The van der Waals surface area contributed by atoms with Crippen LogP contribution in [-0.2, 0) is 0 Å². The maximum Gasteiger partial charge on any atom is 0.254 e. The van der Waals surface area contributed by atoms with Gasteiger partial charge in [0.15, 0.2) is 0 Å². The third kappa shape index (κ3) is 2.92. The number of nitrogens with zero attached hydrogens (tertiary/aromatic N) is 2. The third-order valence-electron chi connectivity index (χ3n) is 8.00. The molecule has 0 aliphatic heterocycles. The number of rotatable bonds is 5. The van der Waals surface area contributed by atoms with Crippen LogP contribution in [0.4, 0.5) is 5.95 Å². The van der Waals surface area contributed by atoms with Gasteiger partial charge in [0, 0.05) is 24.2 Å². The summed E-state index contributed by atoms with van der Waals surface area (Å²) in [5.74, 6) is 2.55. The van der Waals surface area contributed by atoms with Gasteiger partial charge in [-0.05, 0) is 75.5 Å². The highest BCUT2D eigenvalue weighted by Gasteiger charge is 2.55. The summed E-state index contributed by atoms with van der Waals surface area (Å²) < 4.78 is 0. The standard InChI is InChI=1S/C22H30N4O2/c27-20(25-18-14-6-12-7-15(18)10-22(28,8-12)9-14)17-11-23-21(24-16-4-5-16)26-19(17)13-2-1-3-13/h11-16,18,28H,1-10H2,(H,25,27)(H,23,24,26)/t12?,14?,15?,18-,22+. The number of anilines is 1. The van der Waals surface area contributed by atoms with E-state index in [2.05, 4.69) is 15.6 Å². The quantitative estimate of drug-likeness (QED) is 0.729. The zero-order valence-corrected chi connectivity index (χ0v) is 16.4. The molecule has 0 radical (unpaired) electrons. The van der Waals surface area contributed by atoms with Crippen LogP contribution >= 0.6 is 0 Å². The number of carbonyl (C=O) groups is 1. The van der Waals surface area contributed by atoms with E-state index in [4.69, 9.17) is 4.98 Å². The molecule has 6 saturated carbocycles. The van der Waals surface area contributed by atoms with Crippen LogP contribution in [0.5, 0.6) is 0 Å². The molecule has 150 valence electrons. The van der Waals surface area contributed by atoms with Gasteiger partial charge in [-0.2, -0.15) is 0 Å². The molecular formula is C22H30N4O2. The lowest BCUT2D eigenvalue weighted by Crippen LogP contribution is -2.61. The van der Waals surface area contributed by atoms with Crippen LogP contribution in [0, 0.1) is 17.8 Å². The second-order valence-electron chi connectivity index (χ2n) is 10.2. The Hall–Kier alpha value is -1.69. The molecule has 0 spiro atoms. The molecule has 1 aromatic rings. The summed E-state index contributed by atoms with van der Waals surface area (Å²) in [6.45, 7) is 0. The van der Waals surface area contributed by atoms with Crippen molar-refractivity contribution in [2.24, 2.45) is 17.8 Å². The molecule has 7 rings (SSSR count).